The number of amides is 1. The van der Waals surface area contributed by atoms with Crippen molar-refractivity contribution in [1.29, 1.82) is 0 Å². The molecule has 0 saturated carbocycles. The molecule has 2 heterocycles. The molecule has 0 aliphatic rings. The van der Waals surface area contributed by atoms with E-state index in [0.29, 0.717) is 18.1 Å². The van der Waals surface area contributed by atoms with Gasteiger partial charge >= 0.3 is 0 Å². The molecule has 2 N–H and O–H groups in total. The van der Waals surface area contributed by atoms with E-state index in [1.54, 1.807) is 17.5 Å². The second-order valence-corrected chi connectivity index (χ2v) is 5.55. The molecule has 0 fully saturated rings. The number of carbonyl (C=O) groups is 1. The lowest BCUT2D eigenvalue weighted by atomic mass is 10.3. The number of aromatic nitrogens is 3. The van der Waals surface area contributed by atoms with Crippen molar-refractivity contribution in [1.82, 2.24) is 20.3 Å². The third kappa shape index (κ3) is 4.78. The quantitative estimate of drug-likeness (QED) is 0.818. The van der Waals surface area contributed by atoms with Crippen LogP contribution in [-0.2, 0) is 6.42 Å². The fourth-order valence-electron chi connectivity index (χ4n) is 1.70. The second kappa shape index (κ2) is 7.68. The Kier molecular flexibility index (Phi) is 5.62. The smallest absolute Gasteiger partial charge is 0.271 e. The van der Waals surface area contributed by atoms with Crippen LogP contribution in [0, 0.1) is 6.92 Å². The number of anilines is 1. The third-order valence-electron chi connectivity index (χ3n) is 2.71. The summed E-state index contributed by atoms with van der Waals surface area (Å²) in [7, 11) is 0. The first-order valence-electron chi connectivity index (χ1n) is 6.94. The van der Waals surface area contributed by atoms with E-state index < -0.39 is 0 Å². The lowest BCUT2D eigenvalue weighted by Crippen LogP contribution is -2.27. The van der Waals surface area contributed by atoms with Gasteiger partial charge in [-0.3, -0.25) is 9.78 Å². The predicted octanol–water partition coefficient (Wildman–Crippen LogP) is 2.04. The van der Waals surface area contributed by atoms with Gasteiger partial charge < -0.3 is 10.6 Å². The van der Waals surface area contributed by atoms with E-state index in [0.717, 1.165) is 30.1 Å². The average molecular weight is 305 g/mol. The summed E-state index contributed by atoms with van der Waals surface area (Å²) in [5.74, 6) is 0.413. The third-order valence-corrected chi connectivity index (χ3v) is 3.74. The fourth-order valence-corrected chi connectivity index (χ4v) is 2.48. The van der Waals surface area contributed by atoms with Gasteiger partial charge in [0, 0.05) is 30.6 Å². The number of nitrogens with zero attached hydrogens (tertiary/aromatic N) is 3. The highest BCUT2D eigenvalue weighted by Gasteiger charge is 2.08. The van der Waals surface area contributed by atoms with Gasteiger partial charge in [0.05, 0.1) is 17.4 Å². The monoisotopic (exact) mass is 305 g/mol. The van der Waals surface area contributed by atoms with Gasteiger partial charge in [0.2, 0.25) is 0 Å². The van der Waals surface area contributed by atoms with Crippen molar-refractivity contribution in [2.45, 2.75) is 26.7 Å². The molecule has 0 aromatic carbocycles. The van der Waals surface area contributed by atoms with Crippen LogP contribution < -0.4 is 10.6 Å². The molecule has 0 bridgehead atoms. The van der Waals surface area contributed by atoms with Crippen LogP contribution in [-0.4, -0.2) is 33.9 Å². The van der Waals surface area contributed by atoms with Crippen molar-refractivity contribution in [2.24, 2.45) is 0 Å². The molecule has 0 atom stereocenters. The van der Waals surface area contributed by atoms with Gasteiger partial charge in [-0.1, -0.05) is 6.92 Å². The minimum absolute atomic E-state index is 0.212. The number of hydrogen-bond donors (Lipinski definition) is 2. The molecule has 0 unspecified atom stereocenters. The van der Waals surface area contributed by atoms with E-state index in [4.69, 9.17) is 0 Å². The van der Waals surface area contributed by atoms with Crippen LogP contribution in [0.25, 0.3) is 0 Å². The Bertz CT molecular complexity index is 599. The molecule has 0 radical (unpaired) electrons. The summed E-state index contributed by atoms with van der Waals surface area (Å²) in [6, 6.07) is 0. The second-order valence-electron chi connectivity index (χ2n) is 4.60. The van der Waals surface area contributed by atoms with Gasteiger partial charge in [-0.2, -0.15) is 0 Å². The number of thiazole rings is 1. The fraction of sp³-hybridized carbons (Fsp3) is 0.429. The maximum Gasteiger partial charge on any atom is 0.271 e. The SMILES string of the molecule is CCCNc1cncc(C(=O)NCCc2nc(C)cs2)n1. The Morgan fingerprint density at radius 1 is 1.29 bits per heavy atom. The molecule has 2 aromatic heterocycles. The van der Waals surface area contributed by atoms with Crippen molar-refractivity contribution < 1.29 is 4.79 Å². The van der Waals surface area contributed by atoms with E-state index in [-0.39, 0.29) is 5.91 Å². The Morgan fingerprint density at radius 2 is 2.14 bits per heavy atom. The van der Waals surface area contributed by atoms with Crippen LogP contribution in [0.2, 0.25) is 0 Å². The van der Waals surface area contributed by atoms with Crippen molar-refractivity contribution in [2.75, 3.05) is 18.4 Å². The molecule has 6 nitrogen and oxygen atoms in total. The molecule has 0 spiro atoms. The van der Waals surface area contributed by atoms with Crippen molar-refractivity contribution in [3.8, 4) is 0 Å². The van der Waals surface area contributed by atoms with Crippen molar-refractivity contribution in [3.05, 3.63) is 34.2 Å². The Hall–Kier alpha value is -2.02. The molecule has 0 saturated heterocycles. The van der Waals surface area contributed by atoms with E-state index in [1.807, 2.05) is 12.3 Å². The van der Waals surface area contributed by atoms with Crippen LogP contribution in [0.15, 0.2) is 17.8 Å². The summed E-state index contributed by atoms with van der Waals surface area (Å²) in [4.78, 5) is 24.6. The first-order chi connectivity index (χ1) is 10.2. The molecular formula is C14H19N5OS. The van der Waals surface area contributed by atoms with Crippen LogP contribution in [0.5, 0.6) is 0 Å². The summed E-state index contributed by atoms with van der Waals surface area (Å²) in [6.07, 6.45) is 4.81. The lowest BCUT2D eigenvalue weighted by molar-refractivity contribution is 0.0949. The number of aryl methyl sites for hydroxylation is 1. The average Bonchev–Trinajstić information content (AvgIpc) is 2.91. The van der Waals surface area contributed by atoms with Crippen molar-refractivity contribution >= 4 is 23.1 Å². The number of nitrogens with one attached hydrogen (secondary N) is 2. The van der Waals surface area contributed by atoms with Crippen LogP contribution >= 0.6 is 11.3 Å². The molecule has 21 heavy (non-hydrogen) atoms. The largest absolute Gasteiger partial charge is 0.369 e. The zero-order valence-electron chi connectivity index (χ0n) is 12.2. The van der Waals surface area contributed by atoms with Gasteiger partial charge in [0.25, 0.3) is 5.91 Å². The molecule has 7 heteroatoms. The Morgan fingerprint density at radius 3 is 2.86 bits per heavy atom. The van der Waals surface area contributed by atoms with Crippen molar-refractivity contribution in [3.63, 3.8) is 0 Å². The van der Waals surface area contributed by atoms with E-state index in [1.165, 1.54) is 6.20 Å². The summed E-state index contributed by atoms with van der Waals surface area (Å²) in [5.41, 5.74) is 1.34. The lowest BCUT2D eigenvalue weighted by Gasteiger charge is -2.06. The molecule has 2 rings (SSSR count). The van der Waals surface area contributed by atoms with E-state index >= 15 is 0 Å². The zero-order chi connectivity index (χ0) is 15.1. The highest BCUT2D eigenvalue weighted by molar-refractivity contribution is 7.09. The van der Waals surface area contributed by atoms with Gasteiger partial charge in [0.15, 0.2) is 0 Å². The van der Waals surface area contributed by atoms with E-state index in [2.05, 4.69) is 32.5 Å². The predicted molar refractivity (Wildman–Crippen MR) is 83.7 cm³/mol. The molecule has 2 aromatic rings. The minimum Gasteiger partial charge on any atom is -0.369 e. The number of carbonyl (C=O) groups excluding carboxylic acids is 1. The standard InChI is InChI=1S/C14H19N5OS/c1-3-5-16-12-8-15-7-11(19-12)14(20)17-6-4-13-18-10(2)9-21-13/h7-9H,3-6H2,1-2H3,(H,16,19)(H,17,20). The van der Waals surface area contributed by atoms with Gasteiger partial charge in [0.1, 0.15) is 11.5 Å². The Labute approximate surface area is 128 Å². The normalized spacial score (nSPS) is 10.4. The van der Waals surface area contributed by atoms with Gasteiger partial charge in [-0.05, 0) is 13.3 Å². The molecular weight excluding hydrogens is 286 g/mol. The molecule has 0 aliphatic heterocycles. The molecule has 1 amide bonds. The minimum atomic E-state index is -0.212. The van der Waals surface area contributed by atoms with E-state index in [9.17, 15) is 4.79 Å². The molecule has 112 valence electrons. The van der Waals surface area contributed by atoms with Gasteiger partial charge in [-0.25, -0.2) is 9.97 Å². The summed E-state index contributed by atoms with van der Waals surface area (Å²) in [6.45, 7) is 5.38. The van der Waals surface area contributed by atoms with Gasteiger partial charge in [-0.15, -0.1) is 11.3 Å². The first-order valence-corrected chi connectivity index (χ1v) is 7.82. The number of hydrogen-bond acceptors (Lipinski definition) is 6. The van der Waals surface area contributed by atoms with Crippen LogP contribution in [0.4, 0.5) is 5.82 Å². The Balaban J connectivity index is 1.85. The van der Waals surface area contributed by atoms with Crippen LogP contribution in [0.3, 0.4) is 0 Å². The highest BCUT2D eigenvalue weighted by atomic mass is 32.1. The maximum atomic E-state index is 12.0. The van der Waals surface area contributed by atoms with Crippen LogP contribution in [0.1, 0.15) is 34.5 Å². The first kappa shape index (κ1) is 15.4. The summed E-state index contributed by atoms with van der Waals surface area (Å²) < 4.78 is 0. The zero-order valence-corrected chi connectivity index (χ0v) is 13.0. The number of rotatable bonds is 7. The maximum absolute atomic E-state index is 12.0. The molecule has 0 aliphatic carbocycles. The summed E-state index contributed by atoms with van der Waals surface area (Å²) in [5, 5.41) is 8.98. The summed E-state index contributed by atoms with van der Waals surface area (Å²) >= 11 is 1.61. The topological polar surface area (TPSA) is 79.8 Å². The highest BCUT2D eigenvalue weighted by Crippen LogP contribution is 2.08.